The number of carbonyl (C=O) groups excluding carboxylic acids is 1. The lowest BCUT2D eigenvalue weighted by Crippen LogP contribution is -2.27. The van der Waals surface area contributed by atoms with Gasteiger partial charge in [-0.15, -0.1) is 0 Å². The summed E-state index contributed by atoms with van der Waals surface area (Å²) in [4.78, 5) is 35.6. The molecule has 1 atom stereocenters. The van der Waals surface area contributed by atoms with Crippen LogP contribution in [-0.2, 0) is 16.1 Å². The van der Waals surface area contributed by atoms with Gasteiger partial charge in [-0.3, -0.25) is 14.3 Å². The topological polar surface area (TPSA) is 88.8 Å². The molecule has 0 saturated carbocycles. The molecule has 1 aliphatic rings. The number of nitrogens with zero attached hydrogens (tertiary/aromatic N) is 2. The predicted octanol–water partition coefficient (Wildman–Crippen LogP) is 1.49. The SMILES string of the molecule is CCn1c(=O)sc2cc(N3C[C@H](C(=O)O)OC3=O)ccc21. The van der Waals surface area contributed by atoms with E-state index in [1.165, 1.54) is 4.90 Å². The highest BCUT2D eigenvalue weighted by Crippen LogP contribution is 2.27. The minimum absolute atomic E-state index is 0.0386. The van der Waals surface area contributed by atoms with Crippen LogP contribution in [0.1, 0.15) is 6.92 Å². The van der Waals surface area contributed by atoms with Crippen LogP contribution in [-0.4, -0.2) is 34.4 Å². The number of aryl methyl sites for hydroxylation is 1. The van der Waals surface area contributed by atoms with Crippen LogP contribution in [0.15, 0.2) is 23.0 Å². The van der Waals surface area contributed by atoms with Crippen molar-refractivity contribution in [3.05, 3.63) is 27.9 Å². The molecule has 2 aromatic rings. The first kappa shape index (κ1) is 13.6. The fourth-order valence-corrected chi connectivity index (χ4v) is 3.31. The Bertz CT molecular complexity index is 793. The number of cyclic esters (lactones) is 1. The Morgan fingerprint density at radius 3 is 2.86 bits per heavy atom. The van der Waals surface area contributed by atoms with Gasteiger partial charge in [0.2, 0.25) is 6.10 Å². The third kappa shape index (κ3) is 2.17. The van der Waals surface area contributed by atoms with E-state index in [1.807, 2.05) is 6.92 Å². The molecule has 0 aliphatic carbocycles. The van der Waals surface area contributed by atoms with Crippen LogP contribution in [0.5, 0.6) is 0 Å². The summed E-state index contributed by atoms with van der Waals surface area (Å²) in [5, 5.41) is 8.89. The van der Waals surface area contributed by atoms with Crippen molar-refractivity contribution in [2.75, 3.05) is 11.4 Å². The maximum Gasteiger partial charge on any atom is 0.415 e. The van der Waals surface area contributed by atoms with E-state index in [2.05, 4.69) is 0 Å². The van der Waals surface area contributed by atoms with Crippen LogP contribution in [0.3, 0.4) is 0 Å². The van der Waals surface area contributed by atoms with Gasteiger partial charge in [0.1, 0.15) is 0 Å². The van der Waals surface area contributed by atoms with Crippen molar-refractivity contribution in [1.29, 1.82) is 0 Å². The Hall–Kier alpha value is -2.35. The van der Waals surface area contributed by atoms with Crippen molar-refractivity contribution in [2.45, 2.75) is 19.6 Å². The lowest BCUT2D eigenvalue weighted by molar-refractivity contribution is -0.144. The molecule has 0 unspecified atom stereocenters. The molecule has 1 aliphatic heterocycles. The summed E-state index contributed by atoms with van der Waals surface area (Å²) in [6.07, 6.45) is -1.85. The quantitative estimate of drug-likeness (QED) is 0.928. The summed E-state index contributed by atoms with van der Waals surface area (Å²) in [6, 6.07) is 5.15. The number of thiazole rings is 1. The molecule has 21 heavy (non-hydrogen) atoms. The zero-order valence-electron chi connectivity index (χ0n) is 11.1. The van der Waals surface area contributed by atoms with E-state index in [4.69, 9.17) is 9.84 Å². The largest absolute Gasteiger partial charge is 0.478 e. The minimum atomic E-state index is -1.17. The molecule has 1 fully saturated rings. The molecular formula is C13H12N2O5S. The van der Waals surface area contributed by atoms with Gasteiger partial charge >= 0.3 is 16.9 Å². The second-order valence-corrected chi connectivity index (χ2v) is 5.58. The number of carboxylic acids is 1. The van der Waals surface area contributed by atoms with Crippen molar-refractivity contribution in [3.63, 3.8) is 0 Å². The molecule has 8 heteroatoms. The van der Waals surface area contributed by atoms with Crippen molar-refractivity contribution in [2.24, 2.45) is 0 Å². The predicted molar refractivity (Wildman–Crippen MR) is 77.0 cm³/mol. The van der Waals surface area contributed by atoms with Crippen LogP contribution in [0.2, 0.25) is 0 Å². The number of carbonyl (C=O) groups is 2. The van der Waals surface area contributed by atoms with Crippen molar-refractivity contribution in [3.8, 4) is 0 Å². The Labute approximate surface area is 123 Å². The van der Waals surface area contributed by atoms with E-state index in [9.17, 15) is 14.4 Å². The smallest absolute Gasteiger partial charge is 0.415 e. The number of aliphatic carboxylic acids is 1. The molecule has 0 spiro atoms. The van der Waals surface area contributed by atoms with Crippen LogP contribution in [0.25, 0.3) is 10.2 Å². The van der Waals surface area contributed by atoms with Gasteiger partial charge < -0.3 is 9.84 Å². The van der Waals surface area contributed by atoms with Crippen LogP contribution >= 0.6 is 11.3 Å². The Morgan fingerprint density at radius 1 is 1.48 bits per heavy atom. The van der Waals surface area contributed by atoms with Gasteiger partial charge in [0.25, 0.3) is 0 Å². The fourth-order valence-electron chi connectivity index (χ4n) is 2.32. The Morgan fingerprint density at radius 2 is 2.24 bits per heavy atom. The molecule has 2 heterocycles. The molecule has 1 aromatic carbocycles. The Balaban J connectivity index is 2.00. The van der Waals surface area contributed by atoms with Gasteiger partial charge in [-0.25, -0.2) is 9.59 Å². The number of carboxylic acid groups (broad SMARTS) is 1. The van der Waals surface area contributed by atoms with Gasteiger partial charge in [0.15, 0.2) is 0 Å². The number of ether oxygens (including phenoxy) is 1. The standard InChI is InChI=1S/C13H12N2O5S/c1-2-14-8-4-3-7(5-10(8)21-13(14)19)15-6-9(11(16)17)20-12(15)18/h3-5,9H,2,6H2,1H3,(H,16,17)/t9-/m1/s1. The van der Waals surface area contributed by atoms with Crippen molar-refractivity contribution in [1.82, 2.24) is 4.57 Å². The first-order chi connectivity index (χ1) is 10.0. The molecule has 1 saturated heterocycles. The van der Waals surface area contributed by atoms with Gasteiger partial charge in [-0.1, -0.05) is 11.3 Å². The third-order valence-electron chi connectivity index (χ3n) is 3.37. The highest BCUT2D eigenvalue weighted by Gasteiger charge is 2.37. The first-order valence-corrected chi connectivity index (χ1v) is 7.17. The van der Waals surface area contributed by atoms with Crippen LogP contribution in [0, 0.1) is 0 Å². The maximum absolute atomic E-state index is 11.8. The number of rotatable bonds is 3. The average molecular weight is 308 g/mol. The molecule has 1 amide bonds. The van der Waals surface area contributed by atoms with Crippen molar-refractivity contribution < 1.29 is 19.4 Å². The molecule has 3 rings (SSSR count). The number of amides is 1. The summed E-state index contributed by atoms with van der Waals surface area (Å²) < 4.78 is 7.18. The summed E-state index contributed by atoms with van der Waals surface area (Å²) in [7, 11) is 0. The summed E-state index contributed by atoms with van der Waals surface area (Å²) in [5.41, 5.74) is 1.33. The molecule has 0 bridgehead atoms. The monoisotopic (exact) mass is 308 g/mol. The zero-order chi connectivity index (χ0) is 15.1. The summed E-state index contributed by atoms with van der Waals surface area (Å²) in [6.45, 7) is 2.42. The highest BCUT2D eigenvalue weighted by molar-refractivity contribution is 7.16. The first-order valence-electron chi connectivity index (χ1n) is 6.35. The molecular weight excluding hydrogens is 296 g/mol. The van der Waals surface area contributed by atoms with Gasteiger partial charge in [-0.2, -0.15) is 0 Å². The molecule has 1 aromatic heterocycles. The van der Waals surface area contributed by atoms with Crippen molar-refractivity contribution >= 4 is 39.3 Å². The van der Waals surface area contributed by atoms with Gasteiger partial charge in [-0.05, 0) is 25.1 Å². The normalized spacial score (nSPS) is 18.2. The van der Waals surface area contributed by atoms with E-state index in [0.29, 0.717) is 12.2 Å². The van der Waals surface area contributed by atoms with Crippen LogP contribution < -0.4 is 9.77 Å². The average Bonchev–Trinajstić information content (AvgIpc) is 2.97. The van der Waals surface area contributed by atoms with E-state index >= 15 is 0 Å². The minimum Gasteiger partial charge on any atom is -0.478 e. The Kier molecular flexibility index (Phi) is 3.17. The second-order valence-electron chi connectivity index (χ2n) is 4.59. The number of benzene rings is 1. The molecule has 1 N–H and O–H groups in total. The second kappa shape index (κ2) is 4.88. The number of hydrogen-bond donors (Lipinski definition) is 1. The molecule has 110 valence electrons. The van der Waals surface area contributed by atoms with Gasteiger partial charge in [0.05, 0.1) is 16.8 Å². The lowest BCUT2D eigenvalue weighted by Gasteiger charge is -2.12. The number of aromatic nitrogens is 1. The zero-order valence-corrected chi connectivity index (χ0v) is 11.9. The number of fused-ring (bicyclic) bond motifs is 1. The third-order valence-corrected chi connectivity index (χ3v) is 4.31. The summed E-state index contributed by atoms with van der Waals surface area (Å²) >= 11 is 1.10. The number of anilines is 1. The van der Waals surface area contributed by atoms with Crippen LogP contribution in [0.4, 0.5) is 10.5 Å². The van der Waals surface area contributed by atoms with E-state index in [-0.39, 0.29) is 11.4 Å². The maximum atomic E-state index is 11.8. The highest BCUT2D eigenvalue weighted by atomic mass is 32.1. The van der Waals surface area contributed by atoms with E-state index < -0.39 is 18.2 Å². The van der Waals surface area contributed by atoms with E-state index in [0.717, 1.165) is 21.6 Å². The number of hydrogen-bond acceptors (Lipinski definition) is 5. The fraction of sp³-hybridized carbons (Fsp3) is 0.308. The van der Waals surface area contributed by atoms with E-state index in [1.54, 1.807) is 22.8 Å². The molecule has 0 radical (unpaired) electrons. The molecule has 7 nitrogen and oxygen atoms in total. The lowest BCUT2D eigenvalue weighted by atomic mass is 10.2. The summed E-state index contributed by atoms with van der Waals surface area (Å²) in [5.74, 6) is -1.17. The van der Waals surface area contributed by atoms with Gasteiger partial charge in [0, 0.05) is 12.2 Å².